The molecule has 4 aromatic carbocycles. The standard InChI is InChI=1S/C35H33FN2O5/c1-3-33(39)38(32-17-10-8-15-29(32)36)22-11-23-43-27-20-18-25(19-21-27)24-31(35(41)42-2)37-30-16-9-7-14-28(30)34(40)26-12-5-4-6-13-26/h3-10,12-21,31,37H,1,11,22-24H2,2H3. The molecule has 0 aliphatic rings. The Morgan fingerprint density at radius 2 is 1.58 bits per heavy atom. The number of methoxy groups -OCH3 is 1. The highest BCUT2D eigenvalue weighted by Gasteiger charge is 2.23. The molecule has 4 rings (SSSR count). The summed E-state index contributed by atoms with van der Waals surface area (Å²) >= 11 is 0. The second-order valence-electron chi connectivity index (χ2n) is 9.66. The summed E-state index contributed by atoms with van der Waals surface area (Å²) in [4.78, 5) is 39.5. The highest BCUT2D eigenvalue weighted by molar-refractivity contribution is 6.12. The molecule has 1 unspecified atom stereocenters. The number of ether oxygens (including phenoxy) is 2. The average Bonchev–Trinajstić information content (AvgIpc) is 3.05. The minimum Gasteiger partial charge on any atom is -0.494 e. The summed E-state index contributed by atoms with van der Waals surface area (Å²) in [7, 11) is 1.32. The van der Waals surface area contributed by atoms with Crippen molar-refractivity contribution in [3.63, 3.8) is 0 Å². The third-order valence-corrected chi connectivity index (χ3v) is 6.76. The first kappa shape index (κ1) is 30.7. The van der Waals surface area contributed by atoms with E-state index in [1.165, 1.54) is 18.1 Å². The normalized spacial score (nSPS) is 11.2. The molecule has 0 aliphatic heterocycles. The second kappa shape index (κ2) is 15.1. The van der Waals surface area contributed by atoms with Gasteiger partial charge < -0.3 is 19.7 Å². The van der Waals surface area contributed by atoms with E-state index in [2.05, 4.69) is 11.9 Å². The Morgan fingerprint density at radius 3 is 2.28 bits per heavy atom. The van der Waals surface area contributed by atoms with E-state index >= 15 is 0 Å². The maximum absolute atomic E-state index is 14.3. The Bertz CT molecular complexity index is 1560. The van der Waals surface area contributed by atoms with Crippen molar-refractivity contribution in [1.82, 2.24) is 0 Å². The van der Waals surface area contributed by atoms with Gasteiger partial charge in [0.25, 0.3) is 0 Å². The largest absolute Gasteiger partial charge is 0.494 e. The Balaban J connectivity index is 1.37. The van der Waals surface area contributed by atoms with E-state index in [9.17, 15) is 18.8 Å². The fourth-order valence-electron chi connectivity index (χ4n) is 4.58. The van der Waals surface area contributed by atoms with Crippen LogP contribution in [0.15, 0.2) is 116 Å². The third kappa shape index (κ3) is 8.16. The van der Waals surface area contributed by atoms with Gasteiger partial charge in [0.1, 0.15) is 17.6 Å². The zero-order chi connectivity index (χ0) is 30.6. The van der Waals surface area contributed by atoms with E-state index in [-0.39, 0.29) is 18.0 Å². The highest BCUT2D eigenvalue weighted by Crippen LogP contribution is 2.23. The lowest BCUT2D eigenvalue weighted by Gasteiger charge is -2.22. The summed E-state index contributed by atoms with van der Waals surface area (Å²) in [6, 6.07) is 28.6. The van der Waals surface area contributed by atoms with Crippen molar-refractivity contribution in [2.45, 2.75) is 18.9 Å². The molecule has 0 heterocycles. The average molecular weight is 581 g/mol. The van der Waals surface area contributed by atoms with Crippen molar-refractivity contribution in [1.29, 1.82) is 0 Å². The van der Waals surface area contributed by atoms with Crippen molar-refractivity contribution >= 4 is 29.0 Å². The fraction of sp³-hybridized carbons (Fsp3) is 0.171. The zero-order valence-electron chi connectivity index (χ0n) is 23.9. The molecule has 0 saturated heterocycles. The summed E-state index contributed by atoms with van der Waals surface area (Å²) in [5.41, 5.74) is 2.58. The van der Waals surface area contributed by atoms with Crippen LogP contribution in [0.2, 0.25) is 0 Å². The van der Waals surface area contributed by atoms with Crippen LogP contribution < -0.4 is 15.0 Å². The predicted octanol–water partition coefficient (Wildman–Crippen LogP) is 6.24. The van der Waals surface area contributed by atoms with Crippen molar-refractivity contribution in [2.24, 2.45) is 0 Å². The van der Waals surface area contributed by atoms with Gasteiger partial charge >= 0.3 is 5.97 Å². The number of amides is 1. The molecule has 7 nitrogen and oxygen atoms in total. The van der Waals surface area contributed by atoms with Crippen LogP contribution in [-0.2, 0) is 20.7 Å². The van der Waals surface area contributed by atoms with E-state index in [1.807, 2.05) is 18.2 Å². The van der Waals surface area contributed by atoms with E-state index in [4.69, 9.17) is 9.47 Å². The molecular formula is C35H33FN2O5. The molecule has 0 saturated carbocycles. The number of carbonyl (C=O) groups is 3. The minimum atomic E-state index is -0.742. The fourth-order valence-corrected chi connectivity index (χ4v) is 4.58. The summed E-state index contributed by atoms with van der Waals surface area (Å²) in [6.07, 6.45) is 1.93. The molecule has 0 radical (unpaired) electrons. The molecule has 0 spiro atoms. The molecule has 43 heavy (non-hydrogen) atoms. The zero-order valence-corrected chi connectivity index (χ0v) is 23.9. The van der Waals surface area contributed by atoms with Crippen LogP contribution in [0.3, 0.4) is 0 Å². The molecular weight excluding hydrogens is 547 g/mol. The molecule has 8 heteroatoms. The van der Waals surface area contributed by atoms with Gasteiger partial charge in [0.15, 0.2) is 5.78 Å². The number of benzene rings is 4. The number of rotatable bonds is 14. The van der Waals surface area contributed by atoms with E-state index in [0.717, 1.165) is 11.6 Å². The topological polar surface area (TPSA) is 84.9 Å². The minimum absolute atomic E-state index is 0.153. The lowest BCUT2D eigenvalue weighted by molar-refractivity contribution is -0.141. The number of nitrogens with one attached hydrogen (secondary N) is 1. The number of esters is 1. The van der Waals surface area contributed by atoms with Gasteiger partial charge in [-0.1, -0.05) is 73.3 Å². The number of ketones is 1. The van der Waals surface area contributed by atoms with E-state index in [1.54, 1.807) is 78.9 Å². The van der Waals surface area contributed by atoms with Gasteiger partial charge in [-0.2, -0.15) is 0 Å². The highest BCUT2D eigenvalue weighted by atomic mass is 19.1. The van der Waals surface area contributed by atoms with Crippen LogP contribution >= 0.6 is 0 Å². The molecule has 0 aromatic heterocycles. The molecule has 220 valence electrons. The van der Waals surface area contributed by atoms with Crippen LogP contribution in [0.1, 0.15) is 27.9 Å². The van der Waals surface area contributed by atoms with Crippen LogP contribution in [0.4, 0.5) is 15.8 Å². The van der Waals surface area contributed by atoms with Gasteiger partial charge in [-0.25, -0.2) is 9.18 Å². The Hall–Kier alpha value is -5.24. The number of carbonyl (C=O) groups excluding carboxylic acids is 3. The molecule has 0 bridgehead atoms. The summed E-state index contributed by atoms with van der Waals surface area (Å²) < 4.78 is 25.1. The van der Waals surface area contributed by atoms with E-state index < -0.39 is 23.7 Å². The number of halogens is 1. The number of anilines is 2. The van der Waals surface area contributed by atoms with Gasteiger partial charge in [0.2, 0.25) is 5.91 Å². The second-order valence-corrected chi connectivity index (χ2v) is 9.66. The predicted molar refractivity (Wildman–Crippen MR) is 165 cm³/mol. The van der Waals surface area contributed by atoms with Crippen molar-refractivity contribution < 1.29 is 28.2 Å². The number of hydrogen-bond acceptors (Lipinski definition) is 6. The summed E-state index contributed by atoms with van der Waals surface area (Å²) in [5.74, 6) is -0.886. The Kier molecular flexibility index (Phi) is 10.8. The van der Waals surface area contributed by atoms with Gasteiger partial charge in [0.05, 0.1) is 19.4 Å². The van der Waals surface area contributed by atoms with Crippen molar-refractivity contribution in [3.05, 3.63) is 138 Å². The van der Waals surface area contributed by atoms with Crippen LogP contribution in [-0.4, -0.2) is 44.0 Å². The molecule has 1 atom stereocenters. The molecule has 1 N–H and O–H groups in total. The number of para-hydroxylation sites is 2. The van der Waals surface area contributed by atoms with Gasteiger partial charge in [-0.05, 0) is 54.5 Å². The SMILES string of the molecule is C=CC(=O)N(CCCOc1ccc(CC(Nc2ccccc2C(=O)c2ccccc2)C(=O)OC)cc1)c1ccccc1F. The van der Waals surface area contributed by atoms with Crippen LogP contribution in [0.25, 0.3) is 0 Å². The first-order chi connectivity index (χ1) is 20.9. The monoisotopic (exact) mass is 580 g/mol. The van der Waals surface area contributed by atoms with Crippen LogP contribution in [0.5, 0.6) is 5.75 Å². The maximum Gasteiger partial charge on any atom is 0.328 e. The third-order valence-electron chi connectivity index (χ3n) is 6.76. The summed E-state index contributed by atoms with van der Waals surface area (Å²) in [5, 5.41) is 3.20. The lowest BCUT2D eigenvalue weighted by atomic mass is 10.00. The summed E-state index contributed by atoms with van der Waals surface area (Å²) in [6.45, 7) is 4.07. The number of nitrogens with zero attached hydrogens (tertiary/aromatic N) is 1. The first-order valence-corrected chi connectivity index (χ1v) is 13.8. The van der Waals surface area contributed by atoms with Gasteiger partial charge in [-0.15, -0.1) is 0 Å². The maximum atomic E-state index is 14.3. The van der Waals surface area contributed by atoms with Crippen LogP contribution in [0, 0.1) is 5.82 Å². The smallest absolute Gasteiger partial charge is 0.328 e. The molecule has 0 aliphatic carbocycles. The van der Waals surface area contributed by atoms with Gasteiger partial charge in [0, 0.05) is 29.8 Å². The Labute approximate surface area is 250 Å². The van der Waals surface area contributed by atoms with Crippen molar-refractivity contribution in [3.8, 4) is 5.75 Å². The van der Waals surface area contributed by atoms with Crippen molar-refractivity contribution in [2.75, 3.05) is 30.5 Å². The first-order valence-electron chi connectivity index (χ1n) is 13.8. The molecule has 1 amide bonds. The Morgan fingerprint density at radius 1 is 0.907 bits per heavy atom. The van der Waals surface area contributed by atoms with Gasteiger partial charge in [-0.3, -0.25) is 9.59 Å². The molecule has 4 aromatic rings. The lowest BCUT2D eigenvalue weighted by Crippen LogP contribution is -2.33. The van der Waals surface area contributed by atoms with E-state index in [0.29, 0.717) is 42.0 Å². The number of hydrogen-bond donors (Lipinski definition) is 1. The quantitative estimate of drug-likeness (QED) is 0.0823. The molecule has 0 fully saturated rings.